The maximum atomic E-state index is 9.76. The number of nitrogens with two attached hydrogens (primary N) is 1. The summed E-state index contributed by atoms with van der Waals surface area (Å²) >= 11 is 0. The van der Waals surface area contributed by atoms with Crippen molar-refractivity contribution in [3.63, 3.8) is 0 Å². The fourth-order valence-electron chi connectivity index (χ4n) is 5.30. The highest BCUT2D eigenvalue weighted by atomic mass is 16.5. The predicted molar refractivity (Wildman–Crippen MR) is 82.0 cm³/mol. The summed E-state index contributed by atoms with van der Waals surface area (Å²) in [4.78, 5) is 0. The van der Waals surface area contributed by atoms with Crippen molar-refractivity contribution in [1.82, 2.24) is 0 Å². The van der Waals surface area contributed by atoms with E-state index in [1.54, 1.807) is 0 Å². The molecule has 114 valence electrons. The van der Waals surface area contributed by atoms with Gasteiger partial charge in [0.15, 0.2) is 0 Å². The summed E-state index contributed by atoms with van der Waals surface area (Å²) in [5.41, 5.74) is 6.47. The van der Waals surface area contributed by atoms with Crippen molar-refractivity contribution in [1.29, 1.82) is 0 Å². The van der Waals surface area contributed by atoms with Gasteiger partial charge in [-0.2, -0.15) is 0 Å². The van der Waals surface area contributed by atoms with Crippen LogP contribution in [-0.2, 0) is 0 Å². The molecule has 0 amide bonds. The van der Waals surface area contributed by atoms with Crippen LogP contribution in [0.3, 0.4) is 0 Å². The lowest BCUT2D eigenvalue weighted by Crippen LogP contribution is -2.53. The summed E-state index contributed by atoms with van der Waals surface area (Å²) in [6, 6.07) is 7.86. The van der Waals surface area contributed by atoms with Crippen molar-refractivity contribution in [2.75, 3.05) is 6.54 Å². The van der Waals surface area contributed by atoms with Gasteiger partial charge in [0.2, 0.25) is 0 Å². The molecular weight excluding hydrogens is 262 g/mol. The number of rotatable bonds is 4. The number of benzene rings is 1. The standard InChI is InChI=1S/C18H25NO2/c19-11-17(20)15-1-3-16(4-2-15)21-18-8-12-5-13(9-18)7-14(6-12)10-18/h1-4,12-14,17,20H,5-11,19H2. The number of hydrogen-bond donors (Lipinski definition) is 2. The summed E-state index contributed by atoms with van der Waals surface area (Å²) in [6.07, 6.45) is 7.46. The zero-order valence-corrected chi connectivity index (χ0v) is 12.5. The normalized spacial score (nSPS) is 38.5. The average molecular weight is 287 g/mol. The monoisotopic (exact) mass is 287 g/mol. The van der Waals surface area contributed by atoms with E-state index in [0.717, 1.165) is 29.1 Å². The van der Waals surface area contributed by atoms with Crippen molar-refractivity contribution < 1.29 is 9.84 Å². The van der Waals surface area contributed by atoms with Crippen LogP contribution in [0.15, 0.2) is 24.3 Å². The van der Waals surface area contributed by atoms with E-state index < -0.39 is 6.10 Å². The third kappa shape index (κ3) is 2.47. The van der Waals surface area contributed by atoms with E-state index in [2.05, 4.69) is 0 Å². The molecule has 1 atom stereocenters. The molecule has 0 aliphatic heterocycles. The second kappa shape index (κ2) is 4.99. The molecule has 0 radical (unpaired) electrons. The lowest BCUT2D eigenvalue weighted by molar-refractivity contribution is -0.107. The van der Waals surface area contributed by atoms with Gasteiger partial charge in [0.25, 0.3) is 0 Å². The SMILES string of the molecule is NCC(O)c1ccc(OC23CC4CC(CC(C4)C2)C3)cc1. The van der Waals surface area contributed by atoms with Gasteiger partial charge in [-0.25, -0.2) is 0 Å². The Morgan fingerprint density at radius 3 is 2.05 bits per heavy atom. The van der Waals surface area contributed by atoms with Crippen LogP contribution in [0, 0.1) is 17.8 Å². The van der Waals surface area contributed by atoms with Gasteiger partial charge in [-0.1, -0.05) is 12.1 Å². The van der Waals surface area contributed by atoms with Crippen LogP contribution in [0.5, 0.6) is 5.75 Å². The Morgan fingerprint density at radius 2 is 1.57 bits per heavy atom. The molecule has 4 aliphatic rings. The van der Waals surface area contributed by atoms with Gasteiger partial charge in [0, 0.05) is 6.54 Å². The average Bonchev–Trinajstić information content (AvgIpc) is 2.45. The molecule has 3 heteroatoms. The molecule has 0 heterocycles. The molecule has 4 saturated carbocycles. The quantitative estimate of drug-likeness (QED) is 0.895. The number of ether oxygens (including phenoxy) is 1. The van der Waals surface area contributed by atoms with Crippen LogP contribution in [0.25, 0.3) is 0 Å². The minimum absolute atomic E-state index is 0.1000. The molecule has 3 nitrogen and oxygen atoms in total. The van der Waals surface area contributed by atoms with E-state index >= 15 is 0 Å². The zero-order valence-electron chi connectivity index (χ0n) is 12.5. The summed E-state index contributed by atoms with van der Waals surface area (Å²) in [6.45, 7) is 0.259. The molecule has 3 N–H and O–H groups in total. The van der Waals surface area contributed by atoms with E-state index in [1.807, 2.05) is 24.3 Å². The van der Waals surface area contributed by atoms with E-state index in [0.29, 0.717) is 0 Å². The minimum atomic E-state index is -0.571. The Hall–Kier alpha value is -1.06. The topological polar surface area (TPSA) is 55.5 Å². The third-order valence-electron chi connectivity index (χ3n) is 5.80. The molecule has 1 unspecified atom stereocenters. The van der Waals surface area contributed by atoms with Crippen LogP contribution >= 0.6 is 0 Å². The maximum absolute atomic E-state index is 9.76. The molecule has 21 heavy (non-hydrogen) atoms. The largest absolute Gasteiger partial charge is 0.487 e. The maximum Gasteiger partial charge on any atom is 0.120 e. The fourth-order valence-corrected chi connectivity index (χ4v) is 5.30. The van der Waals surface area contributed by atoms with E-state index in [4.69, 9.17) is 10.5 Å². The van der Waals surface area contributed by atoms with Crippen LogP contribution in [0.1, 0.15) is 50.2 Å². The first-order valence-electron chi connectivity index (χ1n) is 8.33. The Morgan fingerprint density at radius 1 is 1.05 bits per heavy atom. The summed E-state index contributed by atoms with van der Waals surface area (Å²) in [5.74, 6) is 3.64. The highest BCUT2D eigenvalue weighted by Crippen LogP contribution is 2.57. The molecule has 0 saturated heterocycles. The smallest absolute Gasteiger partial charge is 0.120 e. The summed E-state index contributed by atoms with van der Waals surface area (Å²) in [5, 5.41) is 9.76. The van der Waals surface area contributed by atoms with Crippen molar-refractivity contribution in [3.8, 4) is 5.75 Å². The fraction of sp³-hybridized carbons (Fsp3) is 0.667. The minimum Gasteiger partial charge on any atom is -0.487 e. The molecule has 4 bridgehead atoms. The first-order chi connectivity index (χ1) is 10.2. The van der Waals surface area contributed by atoms with Gasteiger partial charge < -0.3 is 15.6 Å². The van der Waals surface area contributed by atoms with Crippen molar-refractivity contribution in [3.05, 3.63) is 29.8 Å². The molecule has 1 aromatic rings. The predicted octanol–water partition coefficient (Wildman–Crippen LogP) is 3.03. The number of hydrogen-bond acceptors (Lipinski definition) is 3. The van der Waals surface area contributed by atoms with Crippen LogP contribution in [-0.4, -0.2) is 17.3 Å². The lowest BCUT2D eigenvalue weighted by atomic mass is 9.54. The summed E-state index contributed by atoms with van der Waals surface area (Å²) < 4.78 is 6.47. The Labute approximate surface area is 126 Å². The first kappa shape index (κ1) is 13.6. The first-order valence-corrected chi connectivity index (χ1v) is 8.33. The second-order valence-corrected chi connectivity index (χ2v) is 7.52. The van der Waals surface area contributed by atoms with Crippen LogP contribution in [0.2, 0.25) is 0 Å². The molecular formula is C18H25NO2. The Balaban J connectivity index is 1.51. The van der Waals surface area contributed by atoms with E-state index in [-0.39, 0.29) is 12.1 Å². The molecule has 5 rings (SSSR count). The van der Waals surface area contributed by atoms with Gasteiger partial charge in [0.1, 0.15) is 11.4 Å². The highest BCUT2D eigenvalue weighted by Gasteiger charge is 2.52. The Bertz CT molecular complexity index is 475. The van der Waals surface area contributed by atoms with Crippen molar-refractivity contribution >= 4 is 0 Å². The van der Waals surface area contributed by atoms with Gasteiger partial charge in [-0.15, -0.1) is 0 Å². The number of aliphatic hydroxyl groups excluding tert-OH is 1. The van der Waals surface area contributed by atoms with E-state index in [1.165, 1.54) is 38.5 Å². The molecule has 1 aromatic carbocycles. The molecule has 4 aliphatic carbocycles. The van der Waals surface area contributed by atoms with Gasteiger partial charge in [-0.3, -0.25) is 0 Å². The van der Waals surface area contributed by atoms with Crippen LogP contribution in [0.4, 0.5) is 0 Å². The third-order valence-corrected chi connectivity index (χ3v) is 5.80. The van der Waals surface area contributed by atoms with Gasteiger partial charge in [0.05, 0.1) is 6.10 Å². The summed E-state index contributed by atoms with van der Waals surface area (Å²) in [7, 11) is 0. The molecule has 4 fully saturated rings. The van der Waals surface area contributed by atoms with Crippen LogP contribution < -0.4 is 10.5 Å². The van der Waals surface area contributed by atoms with Crippen molar-refractivity contribution in [2.45, 2.75) is 50.2 Å². The number of aliphatic hydroxyl groups is 1. The van der Waals surface area contributed by atoms with Crippen molar-refractivity contribution in [2.24, 2.45) is 23.5 Å². The Kier molecular flexibility index (Phi) is 3.23. The van der Waals surface area contributed by atoms with Gasteiger partial charge >= 0.3 is 0 Å². The van der Waals surface area contributed by atoms with Gasteiger partial charge in [-0.05, 0) is 74.0 Å². The lowest BCUT2D eigenvalue weighted by Gasteiger charge is -2.56. The zero-order chi connectivity index (χ0) is 14.4. The van der Waals surface area contributed by atoms with E-state index in [9.17, 15) is 5.11 Å². The highest BCUT2D eigenvalue weighted by molar-refractivity contribution is 5.29. The molecule has 0 aromatic heterocycles. The molecule has 0 spiro atoms. The second-order valence-electron chi connectivity index (χ2n) is 7.52.